The summed E-state index contributed by atoms with van der Waals surface area (Å²) in [7, 11) is 0. The van der Waals surface area contributed by atoms with Crippen LogP contribution in [0.5, 0.6) is 0 Å². The molecule has 0 fully saturated rings. The largest absolute Gasteiger partial charge is 0.293 e. The van der Waals surface area contributed by atoms with Crippen molar-refractivity contribution < 1.29 is 13.6 Å². The van der Waals surface area contributed by atoms with Crippen LogP contribution in [0.15, 0.2) is 16.6 Å². The lowest BCUT2D eigenvalue weighted by Gasteiger charge is -2.00. The summed E-state index contributed by atoms with van der Waals surface area (Å²) in [4.78, 5) is 10.9. The van der Waals surface area contributed by atoms with Crippen LogP contribution in [-0.4, -0.2) is 11.7 Å². The van der Waals surface area contributed by atoms with E-state index in [1.54, 1.807) is 0 Å². The lowest BCUT2D eigenvalue weighted by Crippen LogP contribution is -2.02. The third-order valence-corrected chi connectivity index (χ3v) is 2.43. The minimum absolute atomic E-state index is 0.0619. The van der Waals surface area contributed by atoms with Crippen molar-refractivity contribution in [1.82, 2.24) is 0 Å². The molecule has 0 aliphatic heterocycles. The topological polar surface area (TPSA) is 17.1 Å². The van der Waals surface area contributed by atoms with Crippen molar-refractivity contribution in [1.29, 1.82) is 0 Å². The zero-order valence-corrected chi connectivity index (χ0v) is 8.62. The molecule has 0 radical (unpaired) electrons. The van der Waals surface area contributed by atoms with Crippen LogP contribution in [0.1, 0.15) is 10.4 Å². The van der Waals surface area contributed by atoms with Crippen molar-refractivity contribution in [3.05, 3.63) is 33.8 Å². The molecule has 13 heavy (non-hydrogen) atoms. The molecule has 0 aromatic heterocycles. The Kier molecular flexibility index (Phi) is 3.39. The third kappa shape index (κ3) is 2.25. The van der Waals surface area contributed by atoms with E-state index in [4.69, 9.17) is 11.6 Å². The summed E-state index contributed by atoms with van der Waals surface area (Å²) in [6.07, 6.45) is 0. The minimum Gasteiger partial charge on any atom is -0.293 e. The van der Waals surface area contributed by atoms with E-state index in [1.165, 1.54) is 0 Å². The zero-order chi connectivity index (χ0) is 10.0. The van der Waals surface area contributed by atoms with Gasteiger partial charge >= 0.3 is 0 Å². The molecule has 0 atom stereocenters. The van der Waals surface area contributed by atoms with Crippen molar-refractivity contribution in [3.63, 3.8) is 0 Å². The van der Waals surface area contributed by atoms with Crippen LogP contribution in [0, 0.1) is 11.6 Å². The van der Waals surface area contributed by atoms with Gasteiger partial charge in [-0.3, -0.25) is 4.79 Å². The molecule has 1 rings (SSSR count). The standard InChI is InChI=1S/C8H4BrClF2O/c9-8-5(11)1-4(2-6(8)12)7(13)3-10/h1-2H,3H2. The fraction of sp³-hybridized carbons (Fsp3) is 0.125. The Balaban J connectivity index is 3.20. The highest BCUT2D eigenvalue weighted by atomic mass is 79.9. The molecular formula is C8H4BrClF2O. The van der Waals surface area contributed by atoms with Gasteiger partial charge in [0.2, 0.25) is 0 Å². The predicted octanol–water partition coefficient (Wildman–Crippen LogP) is 3.15. The van der Waals surface area contributed by atoms with Gasteiger partial charge in [0.05, 0.1) is 10.4 Å². The second-order valence-electron chi connectivity index (χ2n) is 2.31. The molecule has 1 aromatic carbocycles. The summed E-state index contributed by atoms with van der Waals surface area (Å²) < 4.78 is 25.4. The van der Waals surface area contributed by atoms with Gasteiger partial charge in [0.1, 0.15) is 11.6 Å². The molecule has 0 aliphatic rings. The molecule has 0 N–H and O–H groups in total. The number of Topliss-reactive ketones (excluding diaryl/α,β-unsaturated/α-hetero) is 1. The van der Waals surface area contributed by atoms with Gasteiger partial charge in [-0.15, -0.1) is 11.6 Å². The van der Waals surface area contributed by atoms with Crippen LogP contribution in [0.25, 0.3) is 0 Å². The summed E-state index contributed by atoms with van der Waals surface area (Å²) in [6, 6.07) is 1.88. The number of halogens is 4. The first kappa shape index (κ1) is 10.6. The fourth-order valence-corrected chi connectivity index (χ4v) is 1.18. The number of carbonyl (C=O) groups is 1. The molecule has 5 heteroatoms. The Labute approximate surface area is 86.8 Å². The smallest absolute Gasteiger partial charge is 0.177 e. The molecular weight excluding hydrogens is 265 g/mol. The van der Waals surface area contributed by atoms with Crippen LogP contribution in [0.4, 0.5) is 8.78 Å². The average molecular weight is 269 g/mol. The molecule has 0 saturated carbocycles. The Morgan fingerprint density at radius 3 is 2.23 bits per heavy atom. The SMILES string of the molecule is O=C(CCl)c1cc(F)c(Br)c(F)c1. The highest BCUT2D eigenvalue weighted by Gasteiger charge is 2.12. The molecule has 0 saturated heterocycles. The van der Waals surface area contributed by atoms with Crippen molar-refractivity contribution in [3.8, 4) is 0 Å². The lowest BCUT2D eigenvalue weighted by atomic mass is 10.1. The maximum Gasteiger partial charge on any atom is 0.177 e. The monoisotopic (exact) mass is 268 g/mol. The van der Waals surface area contributed by atoms with Crippen LogP contribution in [0.3, 0.4) is 0 Å². The highest BCUT2D eigenvalue weighted by Crippen LogP contribution is 2.21. The second kappa shape index (κ2) is 4.15. The van der Waals surface area contributed by atoms with Crippen LogP contribution in [0.2, 0.25) is 0 Å². The first-order chi connectivity index (χ1) is 6.06. The van der Waals surface area contributed by atoms with Crippen LogP contribution in [-0.2, 0) is 0 Å². The predicted molar refractivity (Wildman–Crippen MR) is 49.1 cm³/mol. The van der Waals surface area contributed by atoms with Crippen LogP contribution < -0.4 is 0 Å². The highest BCUT2D eigenvalue weighted by molar-refractivity contribution is 9.10. The van der Waals surface area contributed by atoms with Crippen molar-refractivity contribution >= 4 is 33.3 Å². The number of alkyl halides is 1. The van der Waals surface area contributed by atoms with Crippen molar-refractivity contribution in [2.75, 3.05) is 5.88 Å². The molecule has 0 heterocycles. The van der Waals surface area contributed by atoms with E-state index in [1.807, 2.05) is 0 Å². The molecule has 1 aromatic rings. The minimum atomic E-state index is -0.812. The summed E-state index contributed by atoms with van der Waals surface area (Å²) >= 11 is 7.91. The van der Waals surface area contributed by atoms with E-state index in [-0.39, 0.29) is 15.9 Å². The van der Waals surface area contributed by atoms with E-state index in [9.17, 15) is 13.6 Å². The normalized spacial score (nSPS) is 10.2. The molecule has 70 valence electrons. The molecule has 0 bridgehead atoms. The summed E-state index contributed by atoms with van der Waals surface area (Å²) in [6.45, 7) is 0. The average Bonchev–Trinajstić information content (AvgIpc) is 2.12. The van der Waals surface area contributed by atoms with E-state index in [2.05, 4.69) is 15.9 Å². The molecule has 0 amide bonds. The first-order valence-electron chi connectivity index (χ1n) is 3.30. The second-order valence-corrected chi connectivity index (χ2v) is 3.37. The van der Waals surface area contributed by atoms with Gasteiger partial charge in [0.25, 0.3) is 0 Å². The Morgan fingerprint density at radius 2 is 1.85 bits per heavy atom. The van der Waals surface area contributed by atoms with Crippen molar-refractivity contribution in [2.24, 2.45) is 0 Å². The van der Waals surface area contributed by atoms with Gasteiger partial charge in [0, 0.05) is 5.56 Å². The Morgan fingerprint density at radius 1 is 1.38 bits per heavy atom. The first-order valence-corrected chi connectivity index (χ1v) is 4.62. The van der Waals surface area contributed by atoms with Gasteiger partial charge in [0.15, 0.2) is 5.78 Å². The van der Waals surface area contributed by atoms with Gasteiger partial charge in [-0.05, 0) is 28.1 Å². The van der Waals surface area contributed by atoms with Gasteiger partial charge in [-0.2, -0.15) is 0 Å². The number of carbonyl (C=O) groups excluding carboxylic acids is 1. The number of rotatable bonds is 2. The molecule has 0 unspecified atom stereocenters. The molecule has 1 nitrogen and oxygen atoms in total. The van der Waals surface area contributed by atoms with E-state index >= 15 is 0 Å². The fourth-order valence-electron chi connectivity index (χ4n) is 0.794. The van der Waals surface area contributed by atoms with E-state index in [0.717, 1.165) is 12.1 Å². The quantitative estimate of drug-likeness (QED) is 0.458. The molecule has 0 aliphatic carbocycles. The van der Waals surface area contributed by atoms with Gasteiger partial charge in [-0.25, -0.2) is 8.78 Å². The van der Waals surface area contributed by atoms with E-state index in [0.29, 0.717) is 0 Å². The number of ketones is 1. The zero-order valence-electron chi connectivity index (χ0n) is 6.28. The summed E-state index contributed by atoms with van der Waals surface area (Å²) in [5.74, 6) is -2.42. The van der Waals surface area contributed by atoms with Crippen molar-refractivity contribution in [2.45, 2.75) is 0 Å². The van der Waals surface area contributed by atoms with E-state index < -0.39 is 17.4 Å². The summed E-state index contributed by atoms with van der Waals surface area (Å²) in [5, 5.41) is 0. The third-order valence-electron chi connectivity index (χ3n) is 1.43. The Bertz CT molecular complexity index is 331. The Hall–Kier alpha value is -0.480. The molecule has 0 spiro atoms. The lowest BCUT2D eigenvalue weighted by molar-refractivity contribution is 0.102. The maximum absolute atomic E-state index is 12.9. The summed E-state index contributed by atoms with van der Waals surface area (Å²) in [5.41, 5.74) is -0.0619. The van der Waals surface area contributed by atoms with Crippen LogP contribution >= 0.6 is 27.5 Å². The number of hydrogen-bond acceptors (Lipinski definition) is 1. The maximum atomic E-state index is 12.9. The number of hydrogen-bond donors (Lipinski definition) is 0. The van der Waals surface area contributed by atoms with Gasteiger partial charge < -0.3 is 0 Å². The number of benzene rings is 1. The van der Waals surface area contributed by atoms with Gasteiger partial charge in [-0.1, -0.05) is 0 Å².